The molecule has 88 valence electrons. The third kappa shape index (κ3) is 2.25. The van der Waals surface area contributed by atoms with Gasteiger partial charge in [-0.15, -0.1) is 0 Å². The molecule has 2 atom stereocenters. The lowest BCUT2D eigenvalue weighted by Gasteiger charge is -2.21. The van der Waals surface area contributed by atoms with E-state index in [0.29, 0.717) is 5.56 Å². The Balaban J connectivity index is 2.22. The van der Waals surface area contributed by atoms with E-state index in [2.05, 4.69) is 5.32 Å². The van der Waals surface area contributed by atoms with Gasteiger partial charge >= 0.3 is 0 Å². The highest BCUT2D eigenvalue weighted by atomic mass is 16.4. The molecule has 0 aromatic heterocycles. The van der Waals surface area contributed by atoms with Crippen LogP contribution in [0.25, 0.3) is 0 Å². The normalized spacial score (nSPS) is 18.9. The fourth-order valence-electron chi connectivity index (χ4n) is 2.01. The van der Waals surface area contributed by atoms with Crippen LogP contribution in [-0.4, -0.2) is 34.6 Å². The zero-order valence-electron chi connectivity index (χ0n) is 9.06. The van der Waals surface area contributed by atoms with Crippen LogP contribution >= 0.6 is 0 Å². The minimum atomic E-state index is -1.12. The van der Waals surface area contributed by atoms with E-state index in [1.54, 1.807) is 0 Å². The number of aliphatic hydroxyl groups is 3. The van der Waals surface area contributed by atoms with Crippen LogP contribution in [-0.2, 0) is 13.0 Å². The summed E-state index contributed by atoms with van der Waals surface area (Å²) in [5.74, 6) is 0. The second kappa shape index (κ2) is 4.93. The van der Waals surface area contributed by atoms with Crippen LogP contribution in [0.15, 0.2) is 18.2 Å². The van der Waals surface area contributed by atoms with Crippen molar-refractivity contribution in [2.45, 2.75) is 25.2 Å². The van der Waals surface area contributed by atoms with E-state index in [4.69, 9.17) is 5.11 Å². The van der Waals surface area contributed by atoms with Gasteiger partial charge in [-0.2, -0.15) is 0 Å². The number of nitrogens with one attached hydrogen (secondary N) is 1. The molecule has 0 fully saturated rings. The maximum Gasteiger partial charge on any atom is 0.107 e. The quantitative estimate of drug-likeness (QED) is 0.568. The van der Waals surface area contributed by atoms with E-state index < -0.39 is 18.8 Å². The van der Waals surface area contributed by atoms with Crippen molar-refractivity contribution in [3.8, 4) is 0 Å². The summed E-state index contributed by atoms with van der Waals surface area (Å²) < 4.78 is 0. The second-order valence-corrected chi connectivity index (χ2v) is 4.15. The van der Waals surface area contributed by atoms with Crippen molar-refractivity contribution in [2.75, 3.05) is 13.2 Å². The Morgan fingerprint density at radius 1 is 1.25 bits per heavy atom. The highest BCUT2D eigenvalue weighted by molar-refractivity contribution is 5.35. The largest absolute Gasteiger partial charge is 0.394 e. The minimum Gasteiger partial charge on any atom is -0.394 e. The van der Waals surface area contributed by atoms with Crippen LogP contribution in [0, 0.1) is 0 Å². The molecule has 0 aliphatic carbocycles. The number of aliphatic hydroxyl groups excluding tert-OH is 3. The highest BCUT2D eigenvalue weighted by Gasteiger charge is 2.19. The van der Waals surface area contributed by atoms with Crippen molar-refractivity contribution in [2.24, 2.45) is 0 Å². The monoisotopic (exact) mass is 223 g/mol. The second-order valence-electron chi connectivity index (χ2n) is 4.15. The van der Waals surface area contributed by atoms with Gasteiger partial charge in [-0.25, -0.2) is 0 Å². The summed E-state index contributed by atoms with van der Waals surface area (Å²) in [6.45, 7) is 1.34. The number of rotatable bonds is 3. The lowest BCUT2D eigenvalue weighted by atomic mass is 9.95. The van der Waals surface area contributed by atoms with E-state index >= 15 is 0 Å². The summed E-state index contributed by atoms with van der Waals surface area (Å²) in [6, 6.07) is 5.69. The summed E-state index contributed by atoms with van der Waals surface area (Å²) in [4.78, 5) is 0. The first-order valence-corrected chi connectivity index (χ1v) is 5.52. The van der Waals surface area contributed by atoms with Gasteiger partial charge in [0.05, 0.1) is 6.61 Å². The molecule has 2 unspecified atom stereocenters. The van der Waals surface area contributed by atoms with Gasteiger partial charge in [-0.3, -0.25) is 0 Å². The van der Waals surface area contributed by atoms with Crippen molar-refractivity contribution in [1.82, 2.24) is 5.32 Å². The first kappa shape index (κ1) is 11.5. The van der Waals surface area contributed by atoms with E-state index in [1.807, 2.05) is 18.2 Å². The first-order valence-electron chi connectivity index (χ1n) is 5.52. The van der Waals surface area contributed by atoms with Gasteiger partial charge in [0.2, 0.25) is 0 Å². The fraction of sp³-hybridized carbons (Fsp3) is 0.500. The summed E-state index contributed by atoms with van der Waals surface area (Å²) in [5.41, 5.74) is 3.10. The van der Waals surface area contributed by atoms with Crippen molar-refractivity contribution < 1.29 is 15.3 Å². The Kier molecular flexibility index (Phi) is 3.56. The number of hydrogen-bond donors (Lipinski definition) is 4. The van der Waals surface area contributed by atoms with Crippen LogP contribution in [0.3, 0.4) is 0 Å². The Morgan fingerprint density at radius 2 is 2.06 bits per heavy atom. The molecule has 2 rings (SSSR count). The lowest BCUT2D eigenvalue weighted by Crippen LogP contribution is -2.25. The maximum atomic E-state index is 9.76. The molecule has 4 nitrogen and oxygen atoms in total. The maximum absolute atomic E-state index is 9.76. The van der Waals surface area contributed by atoms with Crippen molar-refractivity contribution in [3.63, 3.8) is 0 Å². The third-order valence-corrected chi connectivity index (χ3v) is 3.01. The average Bonchev–Trinajstić information content (AvgIpc) is 2.36. The first-order chi connectivity index (χ1) is 7.72. The molecule has 1 aliphatic heterocycles. The molecular formula is C12H17NO3. The number of hydrogen-bond acceptors (Lipinski definition) is 4. The molecule has 0 radical (unpaired) electrons. The molecule has 0 saturated heterocycles. The standard InChI is InChI=1S/C12H17NO3/c14-7-11(15)12(16)9-2-1-8-3-4-13-6-10(8)5-9/h1-2,5,11-16H,3-4,6-7H2. The van der Waals surface area contributed by atoms with Crippen LogP contribution < -0.4 is 5.32 Å². The van der Waals surface area contributed by atoms with E-state index in [9.17, 15) is 10.2 Å². The van der Waals surface area contributed by atoms with Gasteiger partial charge in [0.1, 0.15) is 12.2 Å². The van der Waals surface area contributed by atoms with Crippen LogP contribution in [0.5, 0.6) is 0 Å². The van der Waals surface area contributed by atoms with E-state index in [1.165, 1.54) is 5.56 Å². The van der Waals surface area contributed by atoms with Gasteiger partial charge in [0.15, 0.2) is 0 Å². The van der Waals surface area contributed by atoms with E-state index in [-0.39, 0.29) is 0 Å². The third-order valence-electron chi connectivity index (χ3n) is 3.01. The highest BCUT2D eigenvalue weighted by Crippen LogP contribution is 2.22. The molecule has 1 aromatic carbocycles. The minimum absolute atomic E-state index is 0.434. The zero-order chi connectivity index (χ0) is 11.5. The van der Waals surface area contributed by atoms with Crippen LogP contribution in [0.2, 0.25) is 0 Å². The Labute approximate surface area is 94.5 Å². The molecule has 1 aliphatic rings. The molecule has 0 bridgehead atoms. The lowest BCUT2D eigenvalue weighted by molar-refractivity contribution is -0.0153. The molecule has 4 heteroatoms. The summed E-state index contributed by atoms with van der Waals surface area (Å²) in [5, 5.41) is 31.2. The summed E-state index contributed by atoms with van der Waals surface area (Å²) in [7, 11) is 0. The molecule has 1 heterocycles. The SMILES string of the molecule is OCC(O)C(O)c1ccc2c(c1)CNCC2. The summed E-state index contributed by atoms with van der Waals surface area (Å²) in [6.07, 6.45) is -1.14. The Morgan fingerprint density at radius 3 is 2.81 bits per heavy atom. The molecule has 16 heavy (non-hydrogen) atoms. The molecule has 1 aromatic rings. The van der Waals surface area contributed by atoms with Crippen molar-refractivity contribution in [1.29, 1.82) is 0 Å². The van der Waals surface area contributed by atoms with Gasteiger partial charge in [0.25, 0.3) is 0 Å². The Hall–Kier alpha value is -0.940. The van der Waals surface area contributed by atoms with Crippen LogP contribution in [0.1, 0.15) is 22.8 Å². The average molecular weight is 223 g/mol. The van der Waals surface area contributed by atoms with Crippen molar-refractivity contribution in [3.05, 3.63) is 34.9 Å². The predicted octanol–water partition coefficient (Wildman–Crippen LogP) is -0.281. The van der Waals surface area contributed by atoms with Gasteiger partial charge in [-0.1, -0.05) is 18.2 Å². The smallest absolute Gasteiger partial charge is 0.107 e. The fourth-order valence-corrected chi connectivity index (χ4v) is 2.01. The molecule has 0 spiro atoms. The topological polar surface area (TPSA) is 72.7 Å². The van der Waals surface area contributed by atoms with Gasteiger partial charge in [0, 0.05) is 6.54 Å². The molecule has 4 N–H and O–H groups in total. The van der Waals surface area contributed by atoms with Crippen molar-refractivity contribution >= 4 is 0 Å². The number of fused-ring (bicyclic) bond motifs is 1. The molecular weight excluding hydrogens is 206 g/mol. The predicted molar refractivity (Wildman–Crippen MR) is 59.9 cm³/mol. The van der Waals surface area contributed by atoms with Gasteiger partial charge in [-0.05, 0) is 29.7 Å². The number of benzene rings is 1. The van der Waals surface area contributed by atoms with Crippen LogP contribution in [0.4, 0.5) is 0 Å². The van der Waals surface area contributed by atoms with Gasteiger partial charge < -0.3 is 20.6 Å². The van der Waals surface area contributed by atoms with E-state index in [0.717, 1.165) is 25.1 Å². The molecule has 0 amide bonds. The Bertz CT molecular complexity index is 367. The summed E-state index contributed by atoms with van der Waals surface area (Å²) >= 11 is 0. The molecule has 0 saturated carbocycles. The zero-order valence-corrected chi connectivity index (χ0v) is 9.06.